The van der Waals surface area contributed by atoms with E-state index in [2.05, 4.69) is 23.6 Å². The third-order valence-corrected chi connectivity index (χ3v) is 2.75. The summed E-state index contributed by atoms with van der Waals surface area (Å²) in [6.07, 6.45) is 0. The van der Waals surface area contributed by atoms with Gasteiger partial charge < -0.3 is 20.1 Å². The second kappa shape index (κ2) is 5.18. The highest BCUT2D eigenvalue weighted by Crippen LogP contribution is 2.33. The van der Waals surface area contributed by atoms with Crippen molar-refractivity contribution in [1.29, 1.82) is 0 Å². The van der Waals surface area contributed by atoms with Crippen LogP contribution in [0.3, 0.4) is 0 Å². The minimum Gasteiger partial charge on any atom is -0.454 e. The Morgan fingerprint density at radius 1 is 1.31 bits per heavy atom. The molecule has 0 saturated heterocycles. The maximum atomic E-state index is 5.37. The molecule has 0 spiro atoms. The van der Waals surface area contributed by atoms with E-state index in [4.69, 9.17) is 9.47 Å². The molecule has 0 aromatic heterocycles. The lowest BCUT2D eigenvalue weighted by Gasteiger charge is -2.17. The fourth-order valence-corrected chi connectivity index (χ4v) is 1.81. The van der Waals surface area contributed by atoms with Crippen molar-refractivity contribution >= 4 is 0 Å². The first-order chi connectivity index (χ1) is 7.85. The van der Waals surface area contributed by atoms with Gasteiger partial charge in [0.1, 0.15) is 0 Å². The first kappa shape index (κ1) is 11.2. The van der Waals surface area contributed by atoms with Crippen molar-refractivity contribution < 1.29 is 9.47 Å². The number of likely N-dealkylation sites (N-methyl/N-ethyl adjacent to an activating group) is 2. The van der Waals surface area contributed by atoms with E-state index in [1.165, 1.54) is 5.56 Å². The van der Waals surface area contributed by atoms with Crippen molar-refractivity contribution in [3.63, 3.8) is 0 Å². The number of benzene rings is 1. The number of fused-ring (bicyclic) bond motifs is 1. The van der Waals surface area contributed by atoms with Crippen molar-refractivity contribution in [2.75, 3.05) is 26.9 Å². The molecule has 1 aromatic carbocycles. The summed E-state index contributed by atoms with van der Waals surface area (Å²) in [4.78, 5) is 0. The predicted octanol–water partition coefficient (Wildman–Crippen LogP) is 1.29. The van der Waals surface area contributed by atoms with E-state index in [0.29, 0.717) is 12.8 Å². The molecule has 1 aliphatic rings. The molecule has 1 atom stereocenters. The Hall–Kier alpha value is -1.26. The van der Waals surface area contributed by atoms with Gasteiger partial charge in [-0.25, -0.2) is 0 Å². The Morgan fingerprint density at radius 3 is 2.88 bits per heavy atom. The summed E-state index contributed by atoms with van der Waals surface area (Å²) < 4.78 is 10.7. The Kier molecular flexibility index (Phi) is 3.64. The molecule has 1 heterocycles. The van der Waals surface area contributed by atoms with Crippen LogP contribution in [0.2, 0.25) is 0 Å². The molecule has 1 aliphatic heterocycles. The van der Waals surface area contributed by atoms with Crippen LogP contribution in [0.15, 0.2) is 18.2 Å². The standard InChI is InChI=1S/C12H18N2O2/c1-3-14-7-10(13-2)9-4-5-11-12(6-9)16-8-15-11/h4-6,10,13-14H,3,7-8H2,1-2H3. The number of hydrogen-bond donors (Lipinski definition) is 2. The van der Waals surface area contributed by atoms with E-state index in [0.717, 1.165) is 24.6 Å². The van der Waals surface area contributed by atoms with Crippen LogP contribution in [0, 0.1) is 0 Å². The highest BCUT2D eigenvalue weighted by atomic mass is 16.7. The fraction of sp³-hybridized carbons (Fsp3) is 0.500. The van der Waals surface area contributed by atoms with Gasteiger partial charge in [-0.05, 0) is 31.3 Å². The Morgan fingerprint density at radius 2 is 2.12 bits per heavy atom. The minimum atomic E-state index is 0.300. The highest BCUT2D eigenvalue weighted by molar-refractivity contribution is 5.45. The minimum absolute atomic E-state index is 0.300. The summed E-state index contributed by atoms with van der Waals surface area (Å²) in [5, 5.41) is 6.62. The van der Waals surface area contributed by atoms with Crippen LogP contribution in [0.1, 0.15) is 18.5 Å². The largest absolute Gasteiger partial charge is 0.454 e. The molecule has 4 heteroatoms. The van der Waals surface area contributed by atoms with Gasteiger partial charge in [0.2, 0.25) is 6.79 Å². The van der Waals surface area contributed by atoms with Crippen LogP contribution in [0.4, 0.5) is 0 Å². The van der Waals surface area contributed by atoms with E-state index >= 15 is 0 Å². The molecular formula is C12H18N2O2. The van der Waals surface area contributed by atoms with Crippen LogP contribution in [0.5, 0.6) is 11.5 Å². The van der Waals surface area contributed by atoms with Crippen LogP contribution >= 0.6 is 0 Å². The molecule has 2 rings (SSSR count). The molecule has 4 nitrogen and oxygen atoms in total. The Balaban J connectivity index is 2.12. The normalized spacial score (nSPS) is 15.1. The van der Waals surface area contributed by atoms with Gasteiger partial charge in [-0.15, -0.1) is 0 Å². The number of ether oxygens (including phenoxy) is 2. The molecule has 2 N–H and O–H groups in total. The summed E-state index contributed by atoms with van der Waals surface area (Å²) in [5.41, 5.74) is 1.22. The summed E-state index contributed by atoms with van der Waals surface area (Å²) in [6, 6.07) is 6.38. The lowest BCUT2D eigenvalue weighted by molar-refractivity contribution is 0.174. The number of hydrogen-bond acceptors (Lipinski definition) is 4. The zero-order valence-corrected chi connectivity index (χ0v) is 9.75. The lowest BCUT2D eigenvalue weighted by atomic mass is 10.1. The third-order valence-electron chi connectivity index (χ3n) is 2.75. The predicted molar refractivity (Wildman–Crippen MR) is 62.9 cm³/mol. The van der Waals surface area contributed by atoms with Gasteiger partial charge in [-0.2, -0.15) is 0 Å². The van der Waals surface area contributed by atoms with Crippen molar-refractivity contribution in [1.82, 2.24) is 10.6 Å². The van der Waals surface area contributed by atoms with Crippen molar-refractivity contribution in [2.24, 2.45) is 0 Å². The maximum absolute atomic E-state index is 5.37. The van der Waals surface area contributed by atoms with E-state index in [1.807, 2.05) is 19.2 Å². The average molecular weight is 222 g/mol. The zero-order chi connectivity index (χ0) is 11.4. The van der Waals surface area contributed by atoms with Crippen LogP contribution in [-0.2, 0) is 0 Å². The zero-order valence-electron chi connectivity index (χ0n) is 9.75. The smallest absolute Gasteiger partial charge is 0.231 e. The topological polar surface area (TPSA) is 42.5 Å². The van der Waals surface area contributed by atoms with Gasteiger partial charge in [0.05, 0.1) is 0 Å². The van der Waals surface area contributed by atoms with Gasteiger partial charge in [-0.3, -0.25) is 0 Å². The lowest BCUT2D eigenvalue weighted by Crippen LogP contribution is -2.29. The average Bonchev–Trinajstić information content (AvgIpc) is 2.77. The van der Waals surface area contributed by atoms with E-state index in [9.17, 15) is 0 Å². The van der Waals surface area contributed by atoms with Gasteiger partial charge in [0.15, 0.2) is 11.5 Å². The van der Waals surface area contributed by atoms with Gasteiger partial charge in [-0.1, -0.05) is 13.0 Å². The molecule has 1 unspecified atom stereocenters. The van der Waals surface area contributed by atoms with Gasteiger partial charge >= 0.3 is 0 Å². The van der Waals surface area contributed by atoms with E-state index in [1.54, 1.807) is 0 Å². The molecule has 1 aromatic rings. The third kappa shape index (κ3) is 2.28. The molecule has 0 fully saturated rings. The van der Waals surface area contributed by atoms with Gasteiger partial charge in [0.25, 0.3) is 0 Å². The molecule has 0 saturated carbocycles. The molecular weight excluding hydrogens is 204 g/mol. The van der Waals surface area contributed by atoms with Crippen LogP contribution in [-0.4, -0.2) is 26.9 Å². The summed E-state index contributed by atoms with van der Waals surface area (Å²) in [6.45, 7) is 4.32. The SMILES string of the molecule is CCNCC(NC)c1ccc2c(c1)OCO2. The number of rotatable bonds is 5. The summed E-state index contributed by atoms with van der Waals surface area (Å²) in [7, 11) is 1.96. The fourth-order valence-electron chi connectivity index (χ4n) is 1.81. The van der Waals surface area contributed by atoms with Gasteiger partial charge in [0, 0.05) is 12.6 Å². The summed E-state index contributed by atoms with van der Waals surface area (Å²) in [5.74, 6) is 1.68. The van der Waals surface area contributed by atoms with Crippen molar-refractivity contribution in [2.45, 2.75) is 13.0 Å². The van der Waals surface area contributed by atoms with Crippen LogP contribution in [0.25, 0.3) is 0 Å². The first-order valence-electron chi connectivity index (χ1n) is 5.62. The molecule has 0 radical (unpaired) electrons. The maximum Gasteiger partial charge on any atom is 0.231 e. The molecule has 0 bridgehead atoms. The molecule has 0 aliphatic carbocycles. The monoisotopic (exact) mass is 222 g/mol. The van der Waals surface area contributed by atoms with E-state index in [-0.39, 0.29) is 0 Å². The quantitative estimate of drug-likeness (QED) is 0.787. The second-order valence-corrected chi connectivity index (χ2v) is 3.76. The molecule has 0 amide bonds. The van der Waals surface area contributed by atoms with Crippen molar-refractivity contribution in [3.05, 3.63) is 23.8 Å². The molecule has 16 heavy (non-hydrogen) atoms. The summed E-state index contributed by atoms with van der Waals surface area (Å²) >= 11 is 0. The highest BCUT2D eigenvalue weighted by Gasteiger charge is 2.16. The first-order valence-corrected chi connectivity index (χ1v) is 5.62. The van der Waals surface area contributed by atoms with Crippen LogP contribution < -0.4 is 20.1 Å². The Labute approximate surface area is 95.9 Å². The van der Waals surface area contributed by atoms with E-state index < -0.39 is 0 Å². The number of nitrogens with one attached hydrogen (secondary N) is 2. The Bertz CT molecular complexity index is 355. The van der Waals surface area contributed by atoms with Crippen molar-refractivity contribution in [3.8, 4) is 11.5 Å². The molecule has 88 valence electrons. The second-order valence-electron chi connectivity index (χ2n) is 3.76.